The van der Waals surface area contributed by atoms with Gasteiger partial charge in [0.1, 0.15) is 13.2 Å². The Morgan fingerprint density at radius 3 is 1.10 bits per heavy atom. The van der Waals surface area contributed by atoms with Gasteiger partial charge in [-0.1, -0.05) is 47.0 Å². The van der Waals surface area contributed by atoms with Crippen LogP contribution in [0.2, 0.25) is 0 Å². The summed E-state index contributed by atoms with van der Waals surface area (Å²) in [4.78, 5) is 0. The third-order valence-electron chi connectivity index (χ3n) is 5.64. The topological polar surface area (TPSA) is 26.2 Å². The second-order valence-corrected chi connectivity index (χ2v) is 23.3. The molecule has 7 heterocycles. The van der Waals surface area contributed by atoms with Crippen LogP contribution in [-0.4, -0.2) is 50.4 Å². The summed E-state index contributed by atoms with van der Waals surface area (Å²) in [5.41, 5.74) is 2.45. The fraction of sp³-hybridized carbons (Fsp3) is 0.385. The third-order valence-corrected chi connectivity index (χ3v) is 16.8. The molecule has 4 nitrogen and oxygen atoms in total. The fourth-order valence-electron chi connectivity index (χ4n) is 3.67. The summed E-state index contributed by atoms with van der Waals surface area (Å²) in [5, 5.41) is 0. The second-order valence-electron chi connectivity index (χ2n) is 10.0. The van der Waals surface area contributed by atoms with Crippen LogP contribution in [0.25, 0.3) is 11.1 Å². The molecule has 0 atom stereocenters. The van der Waals surface area contributed by atoms with Crippen molar-refractivity contribution in [1.29, 1.82) is 0 Å². The van der Waals surface area contributed by atoms with E-state index in [0.717, 1.165) is 51.0 Å². The van der Waals surface area contributed by atoms with E-state index < -0.39 is 15.6 Å². The van der Waals surface area contributed by atoms with Crippen molar-refractivity contribution in [2.45, 2.75) is 13.1 Å². The van der Waals surface area contributed by atoms with E-state index in [1.165, 1.54) is 36.5 Å². The summed E-state index contributed by atoms with van der Waals surface area (Å²) in [6.45, 7) is 4.69. The summed E-state index contributed by atoms with van der Waals surface area (Å²) >= 11 is 15.3. The van der Waals surface area contributed by atoms with Crippen LogP contribution >= 0.6 is 110 Å². The van der Waals surface area contributed by atoms with Crippen LogP contribution in [0, 0.1) is 0 Å². The van der Waals surface area contributed by atoms with E-state index in [1.807, 2.05) is 94.1 Å². The molecule has 298 valence electrons. The Morgan fingerprint density at radius 1 is 0.500 bits per heavy atom. The van der Waals surface area contributed by atoms with E-state index in [-0.39, 0.29) is 0 Å². The van der Waals surface area contributed by atoms with Gasteiger partial charge in [0, 0.05) is 35.8 Å². The first-order chi connectivity index (χ1) is 23.6. The number of hydrogen-bond donors (Lipinski definition) is 0. The predicted octanol–water partition coefficient (Wildman–Crippen LogP) is 14.3. The van der Waals surface area contributed by atoms with Crippen LogP contribution in [0.5, 0.6) is 0 Å². The second kappa shape index (κ2) is 17.4. The number of pyridine rings is 2. The van der Waals surface area contributed by atoms with E-state index in [2.05, 4.69) is 70.7 Å². The summed E-state index contributed by atoms with van der Waals surface area (Å²) < 4.78 is 143. The van der Waals surface area contributed by atoms with Crippen molar-refractivity contribution >= 4 is 110 Å². The van der Waals surface area contributed by atoms with Crippen LogP contribution < -0.4 is 9.13 Å². The number of aromatic nitrogens is 2. The van der Waals surface area contributed by atoms with E-state index in [1.54, 1.807) is 0 Å². The zero-order valence-electron chi connectivity index (χ0n) is 26.7. The van der Waals surface area contributed by atoms with Crippen LogP contribution in [0.1, 0.15) is 0 Å². The molecule has 26 heteroatoms. The van der Waals surface area contributed by atoms with Crippen molar-refractivity contribution < 1.29 is 69.0 Å². The zero-order chi connectivity index (χ0) is 39.0. The van der Waals surface area contributed by atoms with Crippen LogP contribution in [-0.2, 0) is 22.6 Å². The molecule has 0 spiro atoms. The van der Waals surface area contributed by atoms with Crippen molar-refractivity contribution in [3.05, 3.63) is 74.5 Å². The van der Waals surface area contributed by atoms with Gasteiger partial charge in [-0.25, -0.2) is 9.13 Å². The number of fused-ring (bicyclic) bond motifs is 2. The van der Waals surface area contributed by atoms with Gasteiger partial charge in [-0.05, 0) is 23.6 Å². The fourth-order valence-corrected chi connectivity index (χ4v) is 14.7. The van der Waals surface area contributed by atoms with Crippen LogP contribution in [0.4, 0.5) is 50.4 Å². The molecule has 0 unspecified atom stereocenters. The maximum atomic E-state index is 9.87. The first-order valence-electron chi connectivity index (χ1n) is 14.2. The molecule has 0 aliphatic carbocycles. The maximum absolute atomic E-state index is 10.7. The quantitative estimate of drug-likeness (QED) is 0.165. The van der Waals surface area contributed by atoms with E-state index in [4.69, 9.17) is 9.47 Å². The van der Waals surface area contributed by atoms with Crippen LogP contribution in [0.3, 0.4) is 0 Å². The Labute approximate surface area is 325 Å². The van der Waals surface area contributed by atoms with Gasteiger partial charge in [-0.15, -0.1) is 47.0 Å². The van der Waals surface area contributed by atoms with Crippen LogP contribution in [0.15, 0.2) is 74.5 Å². The van der Waals surface area contributed by atoms with Gasteiger partial charge in [-0.2, -0.15) is 0 Å². The first-order valence-corrected chi connectivity index (χ1v) is 25.9. The summed E-state index contributed by atoms with van der Waals surface area (Å²) in [6, 6.07) is 8.72. The normalized spacial score (nSPS) is 22.3. The van der Waals surface area contributed by atoms with Gasteiger partial charge >= 0.3 is 66.0 Å². The third kappa shape index (κ3) is 22.1. The van der Waals surface area contributed by atoms with E-state index in [0.29, 0.717) is 0 Å². The van der Waals surface area contributed by atoms with E-state index >= 15 is 0 Å². The van der Waals surface area contributed by atoms with Crippen molar-refractivity contribution in [1.82, 2.24) is 0 Å². The van der Waals surface area contributed by atoms with Crippen molar-refractivity contribution in [2.75, 3.05) is 50.4 Å². The number of halogens is 12. The first kappa shape index (κ1) is 46.6. The molecule has 2 aromatic heterocycles. The number of hydrogen-bond acceptors (Lipinski definition) is 10. The minimum atomic E-state index is -10.7. The molecular weight excluding hydrogens is 919 g/mol. The number of nitrogens with zero attached hydrogens (tertiary/aromatic N) is 2. The number of ether oxygens (including phenoxy) is 2. The van der Waals surface area contributed by atoms with Gasteiger partial charge in [0.15, 0.2) is 37.9 Å². The van der Waals surface area contributed by atoms with Gasteiger partial charge < -0.3 is 9.47 Å². The zero-order valence-corrected chi connectivity index (χ0v) is 35.0. The molecule has 52 heavy (non-hydrogen) atoms. The number of rotatable bonds is 2. The summed E-state index contributed by atoms with van der Waals surface area (Å²) in [7, 11) is -21.3. The molecule has 0 fully saturated rings. The Bertz CT molecular complexity index is 1500. The Balaban J connectivity index is 0.000000441. The molecule has 0 saturated carbocycles. The molecule has 7 rings (SSSR count). The molecule has 5 aliphatic rings. The van der Waals surface area contributed by atoms with Gasteiger partial charge in [-0.3, -0.25) is 0 Å². The Morgan fingerprint density at radius 2 is 0.808 bits per heavy atom. The molecule has 0 amide bonds. The van der Waals surface area contributed by atoms with Crippen molar-refractivity contribution in [2.24, 2.45) is 0 Å². The van der Waals surface area contributed by atoms with Crippen molar-refractivity contribution in [3.63, 3.8) is 0 Å². The molecule has 0 radical (unpaired) electrons. The summed E-state index contributed by atoms with van der Waals surface area (Å²) in [5.74, 6) is 1.95. The molecule has 0 N–H and O–H groups in total. The average Bonchev–Trinajstić information content (AvgIpc) is 3.61. The molecule has 2 aromatic rings. The molecule has 0 aromatic carbocycles. The minimum absolute atomic E-state index is 0.723. The van der Waals surface area contributed by atoms with Gasteiger partial charge in [0.05, 0.1) is 38.6 Å². The SMILES string of the molecule is CSC1=C2SCCOCC[n+]3ccc(cc3)-c3cc[n+](cc3)CCOCCSC3=C(SC)S/C(=C(\S1)S2)S3.F[P-](F)(F)(F)(F)F.F[P-](F)(F)(F)(F)F. The predicted molar refractivity (Wildman–Crippen MR) is 204 cm³/mol. The number of thioether (sulfide) groups is 8. The van der Waals surface area contributed by atoms with E-state index in [9.17, 15) is 50.4 Å². The molecule has 8 bridgehead atoms. The Kier molecular flexibility index (Phi) is 15.6. The molecule has 5 aliphatic heterocycles. The van der Waals surface area contributed by atoms with Gasteiger partial charge in [0.25, 0.3) is 0 Å². The standard InChI is InChI=1S/C26H30N2O2S8.2F6P/c1-31-21-23-33-17-15-29-13-11-27-7-3-19(4-8-27)20-5-9-28(10-6-20)12-14-30-16-18-34-24-22(32-2)36-26(38-24)25(35-21)37-23;2*1-7(2,3,4,5)6/h3-10H,11-18H2,1-2H3;;/q+2;2*-1/b26-25-;;. The summed E-state index contributed by atoms with van der Waals surface area (Å²) in [6.07, 6.45) is 12.9. The van der Waals surface area contributed by atoms with Gasteiger partial charge in [0.2, 0.25) is 0 Å². The Hall–Kier alpha value is 0.260. The van der Waals surface area contributed by atoms with Crippen molar-refractivity contribution in [3.8, 4) is 11.1 Å². The average molecular weight is 949 g/mol. The monoisotopic (exact) mass is 948 g/mol. The molecule has 0 saturated heterocycles. The molecular formula is C26H30F12N2O2P2S8.